The van der Waals surface area contributed by atoms with Crippen LogP contribution in [0.3, 0.4) is 0 Å². The van der Waals surface area contributed by atoms with Gasteiger partial charge >= 0.3 is 0 Å². The van der Waals surface area contributed by atoms with Gasteiger partial charge in [0.1, 0.15) is 24.6 Å². The number of hydrogen-bond donors (Lipinski definition) is 3. The highest BCUT2D eigenvalue weighted by Gasteiger charge is 2.43. The van der Waals surface area contributed by atoms with E-state index in [0.29, 0.717) is 22.9 Å². The first kappa shape index (κ1) is 17.2. The molecule has 9 heteroatoms. The molecule has 26 heavy (non-hydrogen) atoms. The van der Waals surface area contributed by atoms with E-state index in [1.165, 1.54) is 12.7 Å². The van der Waals surface area contributed by atoms with Crippen LogP contribution in [0, 0.1) is 18.3 Å². The van der Waals surface area contributed by atoms with Crippen molar-refractivity contribution in [3.05, 3.63) is 12.7 Å². The minimum absolute atomic E-state index is 0.433. The van der Waals surface area contributed by atoms with Crippen molar-refractivity contribution in [2.75, 3.05) is 25.1 Å². The predicted molar refractivity (Wildman–Crippen MR) is 92.1 cm³/mol. The topological polar surface area (TPSA) is 115 Å². The number of hydrogen-bond acceptors (Lipinski definition) is 8. The van der Waals surface area contributed by atoms with Crippen molar-refractivity contribution >= 4 is 17.0 Å². The molecule has 9 nitrogen and oxygen atoms in total. The monoisotopic (exact) mass is 359 g/mol. The van der Waals surface area contributed by atoms with E-state index in [2.05, 4.69) is 26.2 Å². The summed E-state index contributed by atoms with van der Waals surface area (Å²) in [5.41, 5.74) is 1.06. The molecule has 0 saturated carbocycles. The minimum Gasteiger partial charge on any atom is -0.386 e. The third-order valence-electron chi connectivity index (χ3n) is 4.85. The highest BCUT2D eigenvalue weighted by atomic mass is 16.6. The Labute approximate surface area is 150 Å². The van der Waals surface area contributed by atoms with Crippen LogP contribution in [-0.4, -0.2) is 67.8 Å². The third kappa shape index (κ3) is 3.01. The standard InChI is InChI=1S/C17H21N5O4/c1-2-11-13(23)14(24)17(26-11)22-9-21-12-15(19-8-20-16(12)22)18-6-10-4-3-5-25-7-10/h1,8-11,13-14,17,23-24H,3-7H2,(H,18,19,20)/t10?,11-,13-,14-,17-/m1/s1. The van der Waals surface area contributed by atoms with Gasteiger partial charge in [-0.15, -0.1) is 6.42 Å². The number of aromatic nitrogens is 4. The van der Waals surface area contributed by atoms with Crippen LogP contribution in [0.4, 0.5) is 5.82 Å². The summed E-state index contributed by atoms with van der Waals surface area (Å²) in [6, 6.07) is 0. The molecule has 0 amide bonds. The van der Waals surface area contributed by atoms with Crippen molar-refractivity contribution < 1.29 is 19.7 Å². The molecule has 2 aliphatic heterocycles. The Kier molecular flexibility index (Phi) is 4.74. The fourth-order valence-corrected chi connectivity index (χ4v) is 3.40. The predicted octanol–water partition coefficient (Wildman–Crippen LogP) is -0.0828. The molecule has 4 rings (SSSR count). The summed E-state index contributed by atoms with van der Waals surface area (Å²) in [5, 5.41) is 23.5. The lowest BCUT2D eigenvalue weighted by Gasteiger charge is -2.22. The number of aliphatic hydroxyl groups excluding tert-OH is 2. The van der Waals surface area contributed by atoms with Gasteiger partial charge in [0.25, 0.3) is 0 Å². The number of rotatable bonds is 4. The number of anilines is 1. The quantitative estimate of drug-likeness (QED) is 0.650. The van der Waals surface area contributed by atoms with E-state index >= 15 is 0 Å². The van der Waals surface area contributed by atoms with Gasteiger partial charge in [-0.1, -0.05) is 5.92 Å². The molecule has 2 aromatic rings. The van der Waals surface area contributed by atoms with Crippen LogP contribution in [-0.2, 0) is 9.47 Å². The zero-order valence-electron chi connectivity index (χ0n) is 14.2. The lowest BCUT2D eigenvalue weighted by Crippen LogP contribution is -2.30. The molecule has 0 spiro atoms. The van der Waals surface area contributed by atoms with Crippen LogP contribution in [0.25, 0.3) is 11.2 Å². The summed E-state index contributed by atoms with van der Waals surface area (Å²) in [4.78, 5) is 12.9. The molecule has 4 heterocycles. The number of nitrogens with one attached hydrogen (secondary N) is 1. The van der Waals surface area contributed by atoms with E-state index in [4.69, 9.17) is 15.9 Å². The van der Waals surface area contributed by atoms with Crippen molar-refractivity contribution in [1.82, 2.24) is 19.5 Å². The van der Waals surface area contributed by atoms with Gasteiger partial charge in [-0.3, -0.25) is 4.57 Å². The normalized spacial score (nSPS) is 31.8. The average Bonchev–Trinajstić information content (AvgIpc) is 3.23. The van der Waals surface area contributed by atoms with Crippen molar-refractivity contribution in [3.8, 4) is 12.3 Å². The first-order valence-corrected chi connectivity index (χ1v) is 8.66. The molecule has 2 aromatic heterocycles. The maximum absolute atomic E-state index is 10.2. The smallest absolute Gasteiger partial charge is 0.167 e. The Morgan fingerprint density at radius 3 is 2.92 bits per heavy atom. The molecule has 0 bridgehead atoms. The van der Waals surface area contributed by atoms with Crippen molar-refractivity contribution in [3.63, 3.8) is 0 Å². The molecular weight excluding hydrogens is 338 g/mol. The lowest BCUT2D eigenvalue weighted by molar-refractivity contribution is -0.0230. The molecule has 1 unspecified atom stereocenters. The summed E-state index contributed by atoms with van der Waals surface area (Å²) in [5.74, 6) is 3.37. The molecule has 0 aliphatic carbocycles. The number of imidazole rings is 1. The number of terminal acetylenes is 1. The van der Waals surface area contributed by atoms with Crippen molar-refractivity contribution in [1.29, 1.82) is 0 Å². The van der Waals surface area contributed by atoms with E-state index < -0.39 is 24.5 Å². The Morgan fingerprint density at radius 1 is 1.31 bits per heavy atom. The molecule has 5 atom stereocenters. The van der Waals surface area contributed by atoms with Crippen molar-refractivity contribution in [2.45, 2.75) is 37.4 Å². The van der Waals surface area contributed by atoms with Crippen molar-refractivity contribution in [2.24, 2.45) is 5.92 Å². The number of aliphatic hydroxyl groups is 2. The molecule has 0 aromatic carbocycles. The Morgan fingerprint density at radius 2 is 2.19 bits per heavy atom. The third-order valence-corrected chi connectivity index (χ3v) is 4.85. The Hall–Kier alpha value is -2.25. The number of nitrogens with zero attached hydrogens (tertiary/aromatic N) is 4. The SMILES string of the molecule is C#C[C@H]1O[C@@H](n2cnc3c(NCC4CCCOC4)ncnc32)[C@H](O)[C@@H]1O. The molecule has 2 fully saturated rings. The van der Waals surface area contributed by atoms with Gasteiger partial charge in [0.15, 0.2) is 23.2 Å². The largest absolute Gasteiger partial charge is 0.386 e. The van der Waals surface area contributed by atoms with E-state index in [-0.39, 0.29) is 0 Å². The van der Waals surface area contributed by atoms with Gasteiger partial charge < -0.3 is 25.0 Å². The van der Waals surface area contributed by atoms with Crippen LogP contribution >= 0.6 is 0 Å². The second kappa shape index (κ2) is 7.17. The Balaban J connectivity index is 1.56. The van der Waals surface area contributed by atoms with Gasteiger partial charge in [0, 0.05) is 13.2 Å². The van der Waals surface area contributed by atoms with Crippen LogP contribution in [0.2, 0.25) is 0 Å². The summed E-state index contributed by atoms with van der Waals surface area (Å²) in [7, 11) is 0. The molecule has 138 valence electrons. The summed E-state index contributed by atoms with van der Waals surface area (Å²) in [6.07, 6.45) is 6.39. The zero-order valence-corrected chi connectivity index (χ0v) is 14.2. The molecule has 2 aliphatic rings. The maximum atomic E-state index is 10.2. The van der Waals surface area contributed by atoms with E-state index in [1.54, 1.807) is 4.57 Å². The highest BCUT2D eigenvalue weighted by Crippen LogP contribution is 2.32. The van der Waals surface area contributed by atoms with Gasteiger partial charge in [-0.05, 0) is 18.8 Å². The maximum Gasteiger partial charge on any atom is 0.167 e. The molecule has 3 N–H and O–H groups in total. The van der Waals surface area contributed by atoms with Crippen LogP contribution < -0.4 is 5.32 Å². The summed E-state index contributed by atoms with van der Waals surface area (Å²) in [6.45, 7) is 2.30. The van der Waals surface area contributed by atoms with Gasteiger partial charge in [-0.2, -0.15) is 0 Å². The van der Waals surface area contributed by atoms with E-state index in [0.717, 1.165) is 32.6 Å². The lowest BCUT2D eigenvalue weighted by atomic mass is 10.0. The zero-order chi connectivity index (χ0) is 18.1. The van der Waals surface area contributed by atoms with Crippen LogP contribution in [0.5, 0.6) is 0 Å². The fraction of sp³-hybridized carbons (Fsp3) is 0.588. The van der Waals surface area contributed by atoms with E-state index in [9.17, 15) is 10.2 Å². The Bertz CT molecular complexity index is 813. The minimum atomic E-state index is -1.17. The first-order chi connectivity index (χ1) is 12.7. The summed E-state index contributed by atoms with van der Waals surface area (Å²) < 4.78 is 12.6. The molecule has 2 saturated heterocycles. The van der Waals surface area contributed by atoms with Gasteiger partial charge in [0.05, 0.1) is 12.9 Å². The molecular formula is C17H21N5O4. The second-order valence-electron chi connectivity index (χ2n) is 6.61. The summed E-state index contributed by atoms with van der Waals surface area (Å²) >= 11 is 0. The fourth-order valence-electron chi connectivity index (χ4n) is 3.40. The second-order valence-corrected chi connectivity index (χ2v) is 6.61. The van der Waals surface area contributed by atoms with E-state index in [1.807, 2.05) is 0 Å². The highest BCUT2D eigenvalue weighted by molar-refractivity contribution is 5.82. The van der Waals surface area contributed by atoms with Gasteiger partial charge in [-0.25, -0.2) is 15.0 Å². The molecule has 0 radical (unpaired) electrons. The van der Waals surface area contributed by atoms with Gasteiger partial charge in [0.2, 0.25) is 0 Å². The number of fused-ring (bicyclic) bond motifs is 1. The van der Waals surface area contributed by atoms with Crippen LogP contribution in [0.15, 0.2) is 12.7 Å². The number of ether oxygens (including phenoxy) is 2. The first-order valence-electron chi connectivity index (χ1n) is 8.66. The average molecular weight is 359 g/mol. The van der Waals surface area contributed by atoms with Crippen LogP contribution in [0.1, 0.15) is 19.1 Å².